The molecule has 0 radical (unpaired) electrons. The Balaban J connectivity index is 1.27. The van der Waals surface area contributed by atoms with Gasteiger partial charge in [0, 0.05) is 36.1 Å². The Bertz CT molecular complexity index is 1200. The van der Waals surface area contributed by atoms with E-state index < -0.39 is 22.5 Å². The van der Waals surface area contributed by atoms with Gasteiger partial charge < -0.3 is 16.4 Å². The van der Waals surface area contributed by atoms with E-state index in [1.54, 1.807) is 24.5 Å². The number of hydrogen-bond donors (Lipinski definition) is 3. The number of benzene rings is 1. The molecule has 2 bridgehead atoms. The van der Waals surface area contributed by atoms with Gasteiger partial charge in [0.05, 0.1) is 5.41 Å². The van der Waals surface area contributed by atoms with Crippen LogP contribution < -0.4 is 16.4 Å². The standard InChI is InChI=1S/C31H40F2N4O2/c1-19-13-20-14-21(17-30(2,16-20)28(38)37-23-7-11-35-12-8-23)27(19)26(34)18-36-29(39)31(9-3-4-10-31)22-5-6-24(32)25(33)15-22/h5-8,11-12,15,19-21,26-27H,3-4,9-10,13-14,16-18,34H2,1-2H3,(H,36,39)(H,35,37,38). The third kappa shape index (κ3) is 5.45. The minimum absolute atomic E-state index is 0.0354. The molecule has 1 heterocycles. The number of hydrogen-bond acceptors (Lipinski definition) is 4. The number of anilines is 1. The van der Waals surface area contributed by atoms with E-state index in [1.165, 1.54) is 12.1 Å². The van der Waals surface area contributed by atoms with Crippen LogP contribution in [0, 0.1) is 40.7 Å². The number of nitrogens with two attached hydrogens (primary N) is 1. The van der Waals surface area contributed by atoms with Gasteiger partial charge in [0.15, 0.2) is 11.6 Å². The molecule has 3 saturated carbocycles. The van der Waals surface area contributed by atoms with Gasteiger partial charge in [-0.25, -0.2) is 8.78 Å². The second kappa shape index (κ2) is 11.0. The highest BCUT2D eigenvalue weighted by Crippen LogP contribution is 2.53. The Kier molecular flexibility index (Phi) is 7.77. The second-order valence-corrected chi connectivity index (χ2v) is 12.6. The number of carbonyl (C=O) groups is 2. The summed E-state index contributed by atoms with van der Waals surface area (Å²) in [5.41, 5.74) is 6.74. The fourth-order valence-corrected chi connectivity index (χ4v) is 8.12. The van der Waals surface area contributed by atoms with E-state index in [4.69, 9.17) is 5.73 Å². The topological polar surface area (TPSA) is 97.1 Å². The fourth-order valence-electron chi connectivity index (χ4n) is 8.12. The van der Waals surface area contributed by atoms with Crippen molar-refractivity contribution in [3.8, 4) is 0 Å². The predicted octanol–water partition coefficient (Wildman–Crippen LogP) is 5.33. The molecule has 3 aliphatic carbocycles. The molecular weight excluding hydrogens is 498 g/mol. The zero-order valence-corrected chi connectivity index (χ0v) is 22.9. The van der Waals surface area contributed by atoms with Crippen LogP contribution in [-0.4, -0.2) is 29.4 Å². The minimum atomic E-state index is -0.929. The second-order valence-electron chi connectivity index (χ2n) is 12.6. The van der Waals surface area contributed by atoms with Crippen molar-refractivity contribution in [3.63, 3.8) is 0 Å². The molecule has 3 aliphatic rings. The van der Waals surface area contributed by atoms with Crippen LogP contribution in [-0.2, 0) is 15.0 Å². The van der Waals surface area contributed by atoms with Crippen molar-refractivity contribution < 1.29 is 18.4 Å². The fraction of sp³-hybridized carbons (Fsp3) is 0.581. The van der Waals surface area contributed by atoms with E-state index in [1.807, 2.05) is 0 Å². The highest BCUT2D eigenvalue weighted by atomic mass is 19.2. The normalized spacial score (nSPS) is 30.4. The Hall–Kier alpha value is -2.87. The Labute approximate surface area is 229 Å². The first-order valence-electron chi connectivity index (χ1n) is 14.3. The van der Waals surface area contributed by atoms with Crippen LogP contribution in [0.3, 0.4) is 0 Å². The number of carbonyl (C=O) groups excluding carboxylic acids is 2. The largest absolute Gasteiger partial charge is 0.354 e. The molecule has 0 spiro atoms. The predicted molar refractivity (Wildman–Crippen MR) is 147 cm³/mol. The van der Waals surface area contributed by atoms with Crippen molar-refractivity contribution >= 4 is 17.5 Å². The van der Waals surface area contributed by atoms with Crippen molar-refractivity contribution in [2.24, 2.45) is 34.8 Å². The molecule has 2 amide bonds. The SMILES string of the molecule is CC1CC2CC(CC(C)(C(=O)Nc3ccncc3)C2)C1C(N)CNC(=O)C1(c2ccc(F)c(F)c2)CCCC1. The lowest BCUT2D eigenvalue weighted by atomic mass is 9.54. The Morgan fingerprint density at radius 1 is 1.05 bits per heavy atom. The first kappa shape index (κ1) is 27.7. The number of rotatable bonds is 7. The average Bonchev–Trinajstić information content (AvgIpc) is 3.40. The molecule has 3 fully saturated rings. The maximum atomic E-state index is 14.1. The molecule has 6 unspecified atom stereocenters. The average molecular weight is 539 g/mol. The lowest BCUT2D eigenvalue weighted by Crippen LogP contribution is -2.55. The van der Waals surface area contributed by atoms with Crippen molar-refractivity contribution in [2.45, 2.75) is 76.7 Å². The van der Waals surface area contributed by atoms with Gasteiger partial charge in [-0.15, -0.1) is 0 Å². The van der Waals surface area contributed by atoms with E-state index in [-0.39, 0.29) is 23.8 Å². The molecule has 39 heavy (non-hydrogen) atoms. The van der Waals surface area contributed by atoms with Gasteiger partial charge in [0.2, 0.25) is 11.8 Å². The Morgan fingerprint density at radius 3 is 2.46 bits per heavy atom. The van der Waals surface area contributed by atoms with Crippen LogP contribution in [0.4, 0.5) is 14.5 Å². The first-order chi connectivity index (χ1) is 18.6. The van der Waals surface area contributed by atoms with E-state index in [0.29, 0.717) is 42.7 Å². The van der Waals surface area contributed by atoms with Gasteiger partial charge >= 0.3 is 0 Å². The van der Waals surface area contributed by atoms with Crippen molar-refractivity contribution in [2.75, 3.05) is 11.9 Å². The van der Waals surface area contributed by atoms with Crippen molar-refractivity contribution in [1.29, 1.82) is 0 Å². The third-order valence-corrected chi connectivity index (χ3v) is 9.84. The van der Waals surface area contributed by atoms with Crippen molar-refractivity contribution in [3.05, 3.63) is 59.9 Å². The van der Waals surface area contributed by atoms with Crippen LogP contribution in [0.25, 0.3) is 0 Å². The number of nitrogens with zero attached hydrogens (tertiary/aromatic N) is 1. The molecule has 210 valence electrons. The van der Waals surface area contributed by atoms with Gasteiger partial charge in [-0.05, 0) is 92.0 Å². The molecule has 1 aromatic heterocycles. The monoisotopic (exact) mass is 538 g/mol. The molecule has 6 atom stereocenters. The van der Waals surface area contributed by atoms with E-state index in [0.717, 1.165) is 50.3 Å². The quantitative estimate of drug-likeness (QED) is 0.444. The zero-order valence-electron chi connectivity index (χ0n) is 22.9. The number of amides is 2. The van der Waals surface area contributed by atoms with Crippen LogP contribution in [0.5, 0.6) is 0 Å². The molecule has 0 saturated heterocycles. The molecule has 4 N–H and O–H groups in total. The van der Waals surface area contributed by atoms with Gasteiger partial charge in [-0.3, -0.25) is 14.6 Å². The highest BCUT2D eigenvalue weighted by Gasteiger charge is 2.50. The number of aromatic nitrogens is 1. The molecule has 1 aromatic carbocycles. The summed E-state index contributed by atoms with van der Waals surface area (Å²) in [6.45, 7) is 4.63. The summed E-state index contributed by atoms with van der Waals surface area (Å²) < 4.78 is 27.7. The molecular formula is C31H40F2N4O2. The van der Waals surface area contributed by atoms with Gasteiger partial charge in [-0.1, -0.05) is 32.8 Å². The summed E-state index contributed by atoms with van der Waals surface area (Å²) in [5.74, 6) is -0.631. The van der Waals surface area contributed by atoms with Crippen molar-refractivity contribution in [1.82, 2.24) is 10.3 Å². The molecule has 0 aliphatic heterocycles. The van der Waals surface area contributed by atoms with Gasteiger partial charge in [0.25, 0.3) is 0 Å². The molecule has 6 nitrogen and oxygen atoms in total. The summed E-state index contributed by atoms with van der Waals surface area (Å²) in [6.07, 6.45) is 9.96. The molecule has 2 aromatic rings. The number of halogens is 2. The molecule has 5 rings (SSSR count). The van der Waals surface area contributed by atoms with Gasteiger partial charge in [0.1, 0.15) is 0 Å². The van der Waals surface area contributed by atoms with Crippen LogP contribution in [0.15, 0.2) is 42.7 Å². The summed E-state index contributed by atoms with van der Waals surface area (Å²) in [4.78, 5) is 31.0. The zero-order chi connectivity index (χ0) is 27.8. The lowest BCUT2D eigenvalue weighted by molar-refractivity contribution is -0.131. The first-order valence-corrected chi connectivity index (χ1v) is 14.3. The number of fused-ring (bicyclic) bond motifs is 2. The molecule has 8 heteroatoms. The highest BCUT2D eigenvalue weighted by molar-refractivity contribution is 5.95. The van der Waals surface area contributed by atoms with E-state index in [2.05, 4.69) is 29.5 Å². The summed E-state index contributed by atoms with van der Waals surface area (Å²) in [7, 11) is 0. The van der Waals surface area contributed by atoms with Gasteiger partial charge in [-0.2, -0.15) is 0 Å². The number of pyridine rings is 1. The van der Waals surface area contributed by atoms with Crippen LogP contribution in [0.1, 0.15) is 70.8 Å². The van der Waals surface area contributed by atoms with E-state index in [9.17, 15) is 18.4 Å². The summed E-state index contributed by atoms with van der Waals surface area (Å²) >= 11 is 0. The minimum Gasteiger partial charge on any atom is -0.354 e. The Morgan fingerprint density at radius 2 is 1.77 bits per heavy atom. The van der Waals surface area contributed by atoms with Crippen LogP contribution in [0.2, 0.25) is 0 Å². The van der Waals surface area contributed by atoms with E-state index >= 15 is 0 Å². The maximum absolute atomic E-state index is 14.1. The maximum Gasteiger partial charge on any atom is 0.230 e. The summed E-state index contributed by atoms with van der Waals surface area (Å²) in [6, 6.07) is 7.14. The van der Waals surface area contributed by atoms with Crippen LogP contribution >= 0.6 is 0 Å². The smallest absolute Gasteiger partial charge is 0.230 e. The summed E-state index contributed by atoms with van der Waals surface area (Å²) in [5, 5.41) is 6.18. The third-order valence-electron chi connectivity index (χ3n) is 9.84. The number of nitrogens with one attached hydrogen (secondary N) is 2. The lowest BCUT2D eigenvalue weighted by Gasteiger charge is -2.52.